The van der Waals surface area contributed by atoms with Crippen molar-refractivity contribution in [3.8, 4) is 11.4 Å². The van der Waals surface area contributed by atoms with Gasteiger partial charge in [-0.2, -0.15) is 4.80 Å². The summed E-state index contributed by atoms with van der Waals surface area (Å²) < 4.78 is 0. The zero-order chi connectivity index (χ0) is 17.6. The van der Waals surface area contributed by atoms with Crippen LogP contribution in [-0.2, 0) is 17.9 Å². The van der Waals surface area contributed by atoms with Gasteiger partial charge < -0.3 is 5.32 Å². The topological polar surface area (TPSA) is 102 Å². The summed E-state index contributed by atoms with van der Waals surface area (Å²) in [6, 6.07) is 10.2. The van der Waals surface area contributed by atoms with Gasteiger partial charge in [0.1, 0.15) is 6.54 Å². The molecule has 0 unspecified atom stereocenters. The number of tetrazole rings is 1. The molecule has 0 aliphatic rings. The van der Waals surface area contributed by atoms with Crippen molar-refractivity contribution in [2.75, 3.05) is 0 Å². The minimum absolute atomic E-state index is 0.232. The highest BCUT2D eigenvalue weighted by molar-refractivity contribution is 7.09. The molecule has 0 atom stereocenters. The van der Waals surface area contributed by atoms with Crippen molar-refractivity contribution in [3.05, 3.63) is 51.7 Å². The van der Waals surface area contributed by atoms with Gasteiger partial charge in [0.15, 0.2) is 0 Å². The Morgan fingerprint density at radius 2 is 2.04 bits per heavy atom. The summed E-state index contributed by atoms with van der Waals surface area (Å²) in [5.41, 5.74) is 0.615. The van der Waals surface area contributed by atoms with Gasteiger partial charge in [-0.05, 0) is 28.8 Å². The van der Waals surface area contributed by atoms with Gasteiger partial charge >= 0.3 is 6.03 Å². The summed E-state index contributed by atoms with van der Waals surface area (Å²) in [5, 5.41) is 19.0. The van der Waals surface area contributed by atoms with Crippen molar-refractivity contribution in [3.63, 3.8) is 0 Å². The minimum atomic E-state index is -0.579. The molecule has 2 aromatic heterocycles. The van der Waals surface area contributed by atoms with E-state index >= 15 is 0 Å². The Labute approximate surface area is 151 Å². The molecule has 0 aliphatic carbocycles. The SMILES string of the molecule is O=C(Cn1nnc(-c2ccccc2Cl)n1)NC(=O)NCc1cccs1. The lowest BCUT2D eigenvalue weighted by Crippen LogP contribution is -2.40. The third-order valence-electron chi connectivity index (χ3n) is 3.11. The third-order valence-corrected chi connectivity index (χ3v) is 4.31. The van der Waals surface area contributed by atoms with E-state index in [4.69, 9.17) is 11.6 Å². The van der Waals surface area contributed by atoms with Gasteiger partial charge in [0.25, 0.3) is 5.91 Å². The quantitative estimate of drug-likeness (QED) is 0.709. The molecule has 0 saturated heterocycles. The van der Waals surface area contributed by atoms with Crippen LogP contribution in [0.2, 0.25) is 5.02 Å². The second-order valence-corrected chi connectivity index (χ2v) is 6.37. The van der Waals surface area contributed by atoms with E-state index in [2.05, 4.69) is 26.0 Å². The number of halogens is 1. The smallest absolute Gasteiger partial charge is 0.321 e. The number of rotatable bonds is 5. The Bertz CT molecular complexity index is 880. The van der Waals surface area contributed by atoms with Crippen LogP contribution < -0.4 is 10.6 Å². The van der Waals surface area contributed by atoms with Gasteiger partial charge in [0.05, 0.1) is 11.6 Å². The number of thiophene rings is 1. The number of hydrogen-bond acceptors (Lipinski definition) is 6. The number of nitrogens with one attached hydrogen (secondary N) is 2. The fourth-order valence-corrected chi connectivity index (χ4v) is 2.84. The standard InChI is InChI=1S/C15H13ClN6O2S/c16-12-6-2-1-5-11(12)14-19-21-22(20-14)9-13(23)18-15(24)17-8-10-4-3-7-25-10/h1-7H,8-9H2,(H2,17,18,23,24). The van der Waals surface area contributed by atoms with Gasteiger partial charge in [0.2, 0.25) is 5.82 Å². The number of imide groups is 1. The van der Waals surface area contributed by atoms with Crippen LogP contribution in [0.5, 0.6) is 0 Å². The van der Waals surface area contributed by atoms with Gasteiger partial charge in [0, 0.05) is 10.4 Å². The van der Waals surface area contributed by atoms with Crippen molar-refractivity contribution in [1.29, 1.82) is 0 Å². The Morgan fingerprint density at radius 1 is 1.20 bits per heavy atom. The van der Waals surface area contributed by atoms with E-state index in [1.807, 2.05) is 17.5 Å². The van der Waals surface area contributed by atoms with Gasteiger partial charge in [-0.25, -0.2) is 4.79 Å². The second kappa shape index (κ2) is 7.86. The first-order valence-electron chi connectivity index (χ1n) is 7.24. The Kier molecular flexibility index (Phi) is 5.36. The number of amides is 3. The molecule has 0 aliphatic heterocycles. The highest BCUT2D eigenvalue weighted by atomic mass is 35.5. The largest absolute Gasteiger partial charge is 0.333 e. The summed E-state index contributed by atoms with van der Waals surface area (Å²) in [6.07, 6.45) is 0. The first-order chi connectivity index (χ1) is 12.1. The molecule has 0 radical (unpaired) electrons. The van der Waals surface area contributed by atoms with E-state index in [1.165, 1.54) is 11.3 Å². The fourth-order valence-electron chi connectivity index (χ4n) is 1.98. The fraction of sp³-hybridized carbons (Fsp3) is 0.133. The van der Waals surface area contributed by atoms with E-state index in [-0.39, 0.29) is 6.54 Å². The van der Waals surface area contributed by atoms with E-state index in [0.29, 0.717) is 23.0 Å². The molecule has 1 aromatic carbocycles. The summed E-state index contributed by atoms with van der Waals surface area (Å²) in [7, 11) is 0. The first kappa shape index (κ1) is 17.1. The Morgan fingerprint density at radius 3 is 2.80 bits per heavy atom. The highest BCUT2D eigenvalue weighted by Gasteiger charge is 2.13. The molecule has 3 amide bonds. The minimum Gasteiger partial charge on any atom is -0.333 e. The number of carbonyl (C=O) groups is 2. The monoisotopic (exact) mass is 376 g/mol. The highest BCUT2D eigenvalue weighted by Crippen LogP contribution is 2.23. The summed E-state index contributed by atoms with van der Waals surface area (Å²) >= 11 is 7.59. The molecule has 0 spiro atoms. The summed E-state index contributed by atoms with van der Waals surface area (Å²) in [6.45, 7) is 0.124. The predicted molar refractivity (Wildman–Crippen MR) is 93.0 cm³/mol. The molecule has 128 valence electrons. The summed E-state index contributed by atoms with van der Waals surface area (Å²) in [4.78, 5) is 25.6. The number of aromatic nitrogens is 4. The van der Waals surface area contributed by atoms with Crippen molar-refractivity contribution in [2.24, 2.45) is 0 Å². The van der Waals surface area contributed by atoms with Crippen LogP contribution in [0.3, 0.4) is 0 Å². The Hall–Kier alpha value is -2.78. The van der Waals surface area contributed by atoms with Crippen LogP contribution in [0.25, 0.3) is 11.4 Å². The van der Waals surface area contributed by atoms with Crippen LogP contribution in [-0.4, -0.2) is 32.1 Å². The van der Waals surface area contributed by atoms with Crippen LogP contribution in [0, 0.1) is 0 Å². The molecular formula is C15H13ClN6O2S. The number of hydrogen-bond donors (Lipinski definition) is 2. The van der Waals surface area contributed by atoms with Gasteiger partial charge in [-0.3, -0.25) is 10.1 Å². The molecule has 3 aromatic rings. The van der Waals surface area contributed by atoms with Crippen LogP contribution in [0.15, 0.2) is 41.8 Å². The molecule has 0 bridgehead atoms. The number of carbonyl (C=O) groups excluding carboxylic acids is 2. The molecule has 0 fully saturated rings. The molecular weight excluding hydrogens is 364 g/mol. The normalized spacial score (nSPS) is 10.4. The number of nitrogens with zero attached hydrogens (tertiary/aromatic N) is 4. The van der Waals surface area contributed by atoms with Gasteiger partial charge in [-0.1, -0.05) is 29.8 Å². The maximum atomic E-state index is 11.9. The molecule has 10 heteroatoms. The van der Waals surface area contributed by atoms with Crippen LogP contribution in [0.1, 0.15) is 4.88 Å². The molecule has 3 rings (SSSR count). The van der Waals surface area contributed by atoms with Crippen molar-refractivity contribution in [1.82, 2.24) is 30.8 Å². The Balaban J connectivity index is 1.53. The molecule has 2 N–H and O–H groups in total. The second-order valence-electron chi connectivity index (χ2n) is 4.93. The van der Waals surface area contributed by atoms with E-state index in [1.54, 1.807) is 24.3 Å². The molecule has 2 heterocycles. The van der Waals surface area contributed by atoms with E-state index in [9.17, 15) is 9.59 Å². The zero-order valence-corrected chi connectivity index (χ0v) is 14.4. The molecule has 8 nitrogen and oxygen atoms in total. The average molecular weight is 377 g/mol. The first-order valence-corrected chi connectivity index (χ1v) is 8.50. The van der Waals surface area contributed by atoms with Gasteiger partial charge in [-0.15, -0.1) is 21.5 Å². The predicted octanol–water partition coefficient (Wildman–Crippen LogP) is 2.08. The lowest BCUT2D eigenvalue weighted by Gasteiger charge is -2.05. The van der Waals surface area contributed by atoms with Crippen molar-refractivity contribution in [2.45, 2.75) is 13.1 Å². The van der Waals surface area contributed by atoms with E-state index < -0.39 is 11.9 Å². The molecule has 0 saturated carbocycles. The number of urea groups is 1. The number of benzene rings is 1. The third kappa shape index (κ3) is 4.61. The lowest BCUT2D eigenvalue weighted by atomic mass is 10.2. The zero-order valence-electron chi connectivity index (χ0n) is 12.8. The average Bonchev–Trinajstić information content (AvgIpc) is 3.25. The molecule has 25 heavy (non-hydrogen) atoms. The summed E-state index contributed by atoms with van der Waals surface area (Å²) in [5.74, 6) is -0.243. The maximum Gasteiger partial charge on any atom is 0.321 e. The van der Waals surface area contributed by atoms with Crippen molar-refractivity contribution >= 4 is 34.9 Å². The van der Waals surface area contributed by atoms with Crippen LogP contribution in [0.4, 0.5) is 4.79 Å². The van der Waals surface area contributed by atoms with E-state index in [0.717, 1.165) is 9.67 Å². The maximum absolute atomic E-state index is 11.9. The lowest BCUT2D eigenvalue weighted by molar-refractivity contribution is -0.121. The van der Waals surface area contributed by atoms with Crippen LogP contribution >= 0.6 is 22.9 Å². The van der Waals surface area contributed by atoms with Crippen molar-refractivity contribution < 1.29 is 9.59 Å².